The highest BCUT2D eigenvalue weighted by Crippen LogP contribution is 2.34. The fourth-order valence-corrected chi connectivity index (χ4v) is 5.57. The first-order chi connectivity index (χ1) is 15.8. The quantitative estimate of drug-likeness (QED) is 0.308. The number of ketones is 1. The molecule has 0 radical (unpaired) electrons. The molecule has 8 nitrogen and oxygen atoms in total. The van der Waals surface area contributed by atoms with Crippen molar-refractivity contribution in [2.45, 2.75) is 18.7 Å². The summed E-state index contributed by atoms with van der Waals surface area (Å²) in [6, 6.07) is 15.6. The highest BCUT2D eigenvalue weighted by molar-refractivity contribution is 8.76. The van der Waals surface area contributed by atoms with Crippen molar-refractivity contribution in [1.29, 1.82) is 0 Å². The summed E-state index contributed by atoms with van der Waals surface area (Å²) in [6.45, 7) is 3.32. The number of Topliss-reactive ketones (excluding diaryl/α,β-unsaturated/α-hetero) is 1. The minimum atomic E-state index is -4.10. The molecule has 0 atom stereocenters. The Balaban J connectivity index is 1.63. The Hall–Kier alpha value is -2.76. The maximum atomic E-state index is 12.5. The Bertz CT molecular complexity index is 1210. The first kappa shape index (κ1) is 24.9. The highest BCUT2D eigenvalue weighted by Gasteiger charge is 2.20. The number of sulfonamides is 1. The number of carbonyl (C=O) groups excluding carboxylic acids is 2. The van der Waals surface area contributed by atoms with E-state index >= 15 is 0 Å². The molecule has 0 saturated carbocycles. The normalized spacial score (nSPS) is 11.2. The molecule has 1 N–H and O–H groups in total. The van der Waals surface area contributed by atoms with Crippen LogP contribution in [0.5, 0.6) is 0 Å². The van der Waals surface area contributed by atoms with Gasteiger partial charge < -0.3 is 9.26 Å². The van der Waals surface area contributed by atoms with Crippen LogP contribution in [0.25, 0.3) is 22.4 Å². The number of rotatable bonds is 10. The summed E-state index contributed by atoms with van der Waals surface area (Å²) in [7, 11) is -1.38. The van der Waals surface area contributed by atoms with Crippen LogP contribution in [-0.2, 0) is 19.6 Å². The largest absolute Gasteiger partial charge is 0.448 e. The summed E-state index contributed by atoms with van der Waals surface area (Å²) in [5.74, 6) is 1.50. The van der Waals surface area contributed by atoms with Crippen LogP contribution < -0.4 is 4.72 Å². The summed E-state index contributed by atoms with van der Waals surface area (Å²) in [5, 5.41) is 4.13. The van der Waals surface area contributed by atoms with E-state index in [2.05, 4.69) is 5.16 Å². The molecule has 0 saturated heterocycles. The van der Waals surface area contributed by atoms with Gasteiger partial charge in [-0.15, -0.1) is 0 Å². The molecule has 174 valence electrons. The molecular formula is C22H22N2O6S3. The van der Waals surface area contributed by atoms with E-state index in [1.807, 2.05) is 42.0 Å². The third-order valence-corrected chi connectivity index (χ3v) is 8.03. The van der Waals surface area contributed by atoms with Crippen molar-refractivity contribution < 1.29 is 27.3 Å². The predicted octanol–water partition coefficient (Wildman–Crippen LogP) is 4.70. The minimum Gasteiger partial charge on any atom is -0.448 e. The van der Waals surface area contributed by atoms with E-state index in [-0.39, 0.29) is 17.3 Å². The zero-order valence-electron chi connectivity index (χ0n) is 17.9. The van der Waals surface area contributed by atoms with Crippen LogP contribution in [0.1, 0.15) is 12.7 Å². The maximum Gasteiger partial charge on any atom is 0.421 e. The summed E-state index contributed by atoms with van der Waals surface area (Å²) < 4.78 is 37.2. The second-order valence-corrected chi connectivity index (χ2v) is 11.1. The third-order valence-electron chi connectivity index (χ3n) is 4.33. The number of benzene rings is 2. The van der Waals surface area contributed by atoms with E-state index in [0.717, 1.165) is 11.1 Å². The highest BCUT2D eigenvalue weighted by atomic mass is 33.1. The number of hydrogen-bond donors (Lipinski definition) is 1. The van der Waals surface area contributed by atoms with Crippen LogP contribution in [0, 0.1) is 6.92 Å². The van der Waals surface area contributed by atoms with Gasteiger partial charge in [-0.05, 0) is 31.5 Å². The smallest absolute Gasteiger partial charge is 0.421 e. The molecular weight excluding hydrogens is 484 g/mol. The van der Waals surface area contributed by atoms with Gasteiger partial charge in [0, 0.05) is 11.3 Å². The van der Waals surface area contributed by atoms with E-state index in [9.17, 15) is 18.0 Å². The molecule has 0 aliphatic rings. The van der Waals surface area contributed by atoms with Gasteiger partial charge in [0.25, 0.3) is 10.0 Å². The number of nitrogens with one attached hydrogen (secondary N) is 1. The number of aromatic nitrogens is 1. The van der Waals surface area contributed by atoms with E-state index in [1.54, 1.807) is 12.1 Å². The van der Waals surface area contributed by atoms with Crippen molar-refractivity contribution in [2.24, 2.45) is 0 Å². The van der Waals surface area contributed by atoms with Crippen molar-refractivity contribution in [3.63, 3.8) is 0 Å². The van der Waals surface area contributed by atoms with Crippen molar-refractivity contribution in [3.8, 4) is 22.4 Å². The van der Waals surface area contributed by atoms with E-state index in [1.165, 1.54) is 40.6 Å². The molecule has 0 bridgehead atoms. The molecule has 2 aromatic carbocycles. The molecule has 0 aliphatic carbocycles. The van der Waals surface area contributed by atoms with Crippen molar-refractivity contribution in [1.82, 2.24) is 9.88 Å². The van der Waals surface area contributed by atoms with Crippen LogP contribution >= 0.6 is 21.6 Å². The lowest BCUT2D eigenvalue weighted by atomic mass is 10.00. The Morgan fingerprint density at radius 3 is 2.39 bits per heavy atom. The van der Waals surface area contributed by atoms with Gasteiger partial charge in [0.2, 0.25) is 0 Å². The molecule has 3 aromatic rings. The minimum absolute atomic E-state index is 0.0175. The summed E-state index contributed by atoms with van der Waals surface area (Å²) in [6.07, 6.45) is -1.06. The zero-order valence-corrected chi connectivity index (χ0v) is 20.4. The second-order valence-electron chi connectivity index (χ2n) is 6.88. The topological polar surface area (TPSA) is 116 Å². The molecule has 33 heavy (non-hydrogen) atoms. The molecule has 0 aliphatic heterocycles. The lowest BCUT2D eigenvalue weighted by molar-refractivity contribution is -0.114. The molecule has 1 heterocycles. The lowest BCUT2D eigenvalue weighted by Crippen LogP contribution is -2.31. The molecule has 11 heteroatoms. The molecule has 1 amide bonds. The summed E-state index contributed by atoms with van der Waals surface area (Å²) >= 11 is 0. The SMILES string of the molecule is CC(=O)CSSCCOC(=O)NS(=O)(=O)c1ccc(-c2noc(C)c2-c2ccccc2)cc1. The van der Waals surface area contributed by atoms with Crippen LogP contribution in [0.15, 0.2) is 64.0 Å². The molecule has 0 fully saturated rings. The molecule has 1 aromatic heterocycles. The van der Waals surface area contributed by atoms with Gasteiger partial charge >= 0.3 is 6.09 Å². The van der Waals surface area contributed by atoms with Gasteiger partial charge in [-0.2, -0.15) is 0 Å². The Morgan fingerprint density at radius 1 is 1.03 bits per heavy atom. The van der Waals surface area contributed by atoms with Gasteiger partial charge in [-0.3, -0.25) is 4.79 Å². The molecule has 3 rings (SSSR count). The van der Waals surface area contributed by atoms with Crippen molar-refractivity contribution >= 4 is 43.5 Å². The van der Waals surface area contributed by atoms with Crippen LogP contribution in [-0.4, -0.2) is 43.6 Å². The Morgan fingerprint density at radius 2 is 1.73 bits per heavy atom. The number of nitrogens with zero attached hydrogens (tertiary/aromatic N) is 1. The Kier molecular flexibility index (Phi) is 8.59. The fourth-order valence-electron chi connectivity index (χ4n) is 2.86. The van der Waals surface area contributed by atoms with E-state index < -0.39 is 16.1 Å². The number of amides is 1. The van der Waals surface area contributed by atoms with Crippen LogP contribution in [0.4, 0.5) is 4.79 Å². The molecule has 0 unspecified atom stereocenters. The van der Waals surface area contributed by atoms with Gasteiger partial charge in [0.1, 0.15) is 23.8 Å². The summed E-state index contributed by atoms with van der Waals surface area (Å²) in [5.41, 5.74) is 3.03. The monoisotopic (exact) mass is 506 g/mol. The number of ether oxygens (including phenoxy) is 1. The summed E-state index contributed by atoms with van der Waals surface area (Å²) in [4.78, 5) is 22.6. The number of aryl methyl sites for hydroxylation is 1. The van der Waals surface area contributed by atoms with Gasteiger partial charge in [-0.25, -0.2) is 17.9 Å². The van der Waals surface area contributed by atoms with Gasteiger partial charge in [0.15, 0.2) is 0 Å². The van der Waals surface area contributed by atoms with Crippen LogP contribution in [0.3, 0.4) is 0 Å². The number of carbonyl (C=O) groups is 2. The predicted molar refractivity (Wildman–Crippen MR) is 129 cm³/mol. The van der Waals surface area contributed by atoms with Crippen molar-refractivity contribution in [2.75, 3.05) is 18.1 Å². The zero-order chi connectivity index (χ0) is 23.8. The Labute approximate surface area is 199 Å². The second kappa shape index (κ2) is 11.4. The third kappa shape index (κ3) is 6.86. The van der Waals surface area contributed by atoms with E-state index in [4.69, 9.17) is 9.26 Å². The van der Waals surface area contributed by atoms with Crippen molar-refractivity contribution in [3.05, 3.63) is 60.4 Å². The van der Waals surface area contributed by atoms with Gasteiger partial charge in [-0.1, -0.05) is 69.2 Å². The average molecular weight is 507 g/mol. The van der Waals surface area contributed by atoms with E-state index in [0.29, 0.717) is 28.5 Å². The number of hydrogen-bond acceptors (Lipinski definition) is 9. The van der Waals surface area contributed by atoms with Gasteiger partial charge in [0.05, 0.1) is 16.2 Å². The molecule has 0 spiro atoms. The average Bonchev–Trinajstić information content (AvgIpc) is 3.17. The van der Waals surface area contributed by atoms with Crippen LogP contribution in [0.2, 0.25) is 0 Å². The maximum absolute atomic E-state index is 12.5. The first-order valence-corrected chi connectivity index (χ1v) is 13.8. The lowest BCUT2D eigenvalue weighted by Gasteiger charge is -2.09. The standard InChI is InChI=1S/C22H22N2O6S3/c1-15(25)14-32-31-13-12-29-22(26)24-33(27,28)19-10-8-18(9-11-19)21-20(16(2)30-23-21)17-6-4-3-5-7-17/h3-11H,12-14H2,1-2H3,(H,24,26). The fraction of sp³-hybridized carbons (Fsp3) is 0.227. The first-order valence-electron chi connectivity index (χ1n) is 9.83.